The van der Waals surface area contributed by atoms with Crippen molar-refractivity contribution >= 4 is 27.3 Å². The van der Waals surface area contributed by atoms with Crippen LogP contribution in [0.25, 0.3) is 21.3 Å². The lowest BCUT2D eigenvalue weighted by Gasteiger charge is -2.20. The van der Waals surface area contributed by atoms with Gasteiger partial charge in [-0.1, -0.05) is 30.6 Å². The van der Waals surface area contributed by atoms with E-state index in [2.05, 4.69) is 37.0 Å². The zero-order valence-electron chi connectivity index (χ0n) is 16.1. The maximum absolute atomic E-state index is 12.5. The second-order valence-electron chi connectivity index (χ2n) is 7.12. The number of H-pyrrole nitrogens is 2. The molecule has 3 heterocycles. The molecule has 1 aromatic carbocycles. The number of benzene rings is 1. The molecule has 0 bridgehead atoms. The molecule has 4 rings (SSSR count). The molecule has 7 nitrogen and oxygen atoms in total. The summed E-state index contributed by atoms with van der Waals surface area (Å²) in [6, 6.07) is 8.76. The molecule has 0 amide bonds. The highest BCUT2D eigenvalue weighted by molar-refractivity contribution is 7.13. The van der Waals surface area contributed by atoms with E-state index in [0.29, 0.717) is 6.04 Å². The molecule has 0 saturated carbocycles. The lowest BCUT2D eigenvalue weighted by atomic mass is 10.0. The van der Waals surface area contributed by atoms with Crippen LogP contribution in [0.1, 0.15) is 18.9 Å². The topological polar surface area (TPSA) is 93.0 Å². The van der Waals surface area contributed by atoms with Crippen LogP contribution in [0.15, 0.2) is 33.9 Å². The van der Waals surface area contributed by atoms with E-state index in [1.54, 1.807) is 0 Å². The second-order valence-corrected chi connectivity index (χ2v) is 7.93. The average Bonchev–Trinajstić information content (AvgIpc) is 3.34. The predicted octanol–water partition coefficient (Wildman–Crippen LogP) is 1.85. The van der Waals surface area contributed by atoms with Crippen LogP contribution >= 0.6 is 11.5 Å². The monoisotopic (exact) mass is 399 g/mol. The van der Waals surface area contributed by atoms with Crippen LogP contribution in [-0.4, -0.2) is 42.2 Å². The number of nitrogens with one attached hydrogen (secondary N) is 4. The Morgan fingerprint density at radius 1 is 1.29 bits per heavy atom. The molecule has 8 heteroatoms. The fourth-order valence-corrected chi connectivity index (χ4v) is 4.89. The molecule has 2 aromatic heterocycles. The van der Waals surface area contributed by atoms with Gasteiger partial charge in [-0.15, -0.1) is 0 Å². The standard InChI is InChI=1S/C20H25N5O2S/c1-3-15-17(23-19(26)16-18(15)28-24-20(16)27)12-5-4-6-14(9-12)25-8-7-13(10-25)22-11-21-2/h4-6,9,13,21-22H,3,7-8,10-11H2,1-2H3,(H,23,26)(H,24,27). The van der Waals surface area contributed by atoms with Crippen molar-refractivity contribution in [2.24, 2.45) is 0 Å². The molecule has 0 aliphatic carbocycles. The highest BCUT2D eigenvalue weighted by Crippen LogP contribution is 2.31. The van der Waals surface area contributed by atoms with E-state index in [-0.39, 0.29) is 16.5 Å². The van der Waals surface area contributed by atoms with Gasteiger partial charge in [0.2, 0.25) is 0 Å². The number of hydrogen-bond acceptors (Lipinski definition) is 6. The van der Waals surface area contributed by atoms with Gasteiger partial charge in [-0.25, -0.2) is 0 Å². The van der Waals surface area contributed by atoms with Crippen molar-refractivity contribution < 1.29 is 0 Å². The van der Waals surface area contributed by atoms with Gasteiger partial charge < -0.3 is 15.2 Å². The van der Waals surface area contributed by atoms with Crippen molar-refractivity contribution in [3.63, 3.8) is 0 Å². The fraction of sp³-hybridized carbons (Fsp3) is 0.400. The Kier molecular flexibility index (Phi) is 5.34. The predicted molar refractivity (Wildman–Crippen MR) is 116 cm³/mol. The van der Waals surface area contributed by atoms with Crippen LogP contribution in [0.4, 0.5) is 5.69 Å². The second kappa shape index (κ2) is 7.90. The van der Waals surface area contributed by atoms with Crippen molar-refractivity contribution in [1.82, 2.24) is 20.0 Å². The van der Waals surface area contributed by atoms with Gasteiger partial charge in [0.1, 0.15) is 5.39 Å². The Hall–Kier alpha value is -2.42. The van der Waals surface area contributed by atoms with Crippen LogP contribution in [0.5, 0.6) is 0 Å². The molecule has 28 heavy (non-hydrogen) atoms. The summed E-state index contributed by atoms with van der Waals surface area (Å²) in [5.74, 6) is 0. The van der Waals surface area contributed by atoms with Crippen molar-refractivity contribution in [2.75, 3.05) is 31.7 Å². The molecule has 1 aliphatic heterocycles. The molecule has 1 fully saturated rings. The molecule has 1 saturated heterocycles. The van der Waals surface area contributed by atoms with Gasteiger partial charge in [0, 0.05) is 37.1 Å². The van der Waals surface area contributed by atoms with Crippen LogP contribution < -0.4 is 26.7 Å². The number of pyridine rings is 1. The third-order valence-electron chi connectivity index (χ3n) is 5.35. The van der Waals surface area contributed by atoms with E-state index in [4.69, 9.17) is 0 Å². The Morgan fingerprint density at radius 3 is 2.93 bits per heavy atom. The van der Waals surface area contributed by atoms with Gasteiger partial charge in [0.05, 0.1) is 10.4 Å². The number of aromatic amines is 2. The Balaban J connectivity index is 1.71. The molecule has 1 aliphatic rings. The van der Waals surface area contributed by atoms with Gasteiger partial charge in [0.15, 0.2) is 0 Å². The molecule has 0 spiro atoms. The number of fused-ring (bicyclic) bond motifs is 1. The number of aryl methyl sites for hydroxylation is 1. The van der Waals surface area contributed by atoms with E-state index < -0.39 is 0 Å². The van der Waals surface area contributed by atoms with Crippen molar-refractivity contribution in [3.8, 4) is 11.3 Å². The van der Waals surface area contributed by atoms with Crippen LogP contribution in [0.2, 0.25) is 0 Å². The number of anilines is 1. The zero-order valence-corrected chi connectivity index (χ0v) is 16.9. The minimum Gasteiger partial charge on any atom is -0.370 e. The first-order chi connectivity index (χ1) is 13.6. The van der Waals surface area contributed by atoms with E-state index in [9.17, 15) is 9.59 Å². The lowest BCUT2D eigenvalue weighted by molar-refractivity contribution is 0.527. The summed E-state index contributed by atoms with van der Waals surface area (Å²) >= 11 is 1.24. The first kappa shape index (κ1) is 18.9. The molecule has 148 valence electrons. The quantitative estimate of drug-likeness (QED) is 0.475. The summed E-state index contributed by atoms with van der Waals surface area (Å²) in [6.45, 7) is 4.81. The number of rotatable bonds is 6. The maximum Gasteiger partial charge on any atom is 0.271 e. The van der Waals surface area contributed by atoms with E-state index in [0.717, 1.165) is 59.8 Å². The van der Waals surface area contributed by atoms with Crippen molar-refractivity contribution in [2.45, 2.75) is 25.8 Å². The molecule has 1 unspecified atom stereocenters. The normalized spacial score (nSPS) is 16.9. The minimum atomic E-state index is -0.326. The summed E-state index contributed by atoms with van der Waals surface area (Å²) in [6.07, 6.45) is 1.84. The van der Waals surface area contributed by atoms with E-state index in [1.807, 2.05) is 26.1 Å². The van der Waals surface area contributed by atoms with E-state index in [1.165, 1.54) is 11.5 Å². The Morgan fingerprint density at radius 2 is 2.14 bits per heavy atom. The van der Waals surface area contributed by atoms with E-state index >= 15 is 0 Å². The maximum atomic E-state index is 12.5. The van der Waals surface area contributed by atoms with Crippen LogP contribution in [-0.2, 0) is 6.42 Å². The highest BCUT2D eigenvalue weighted by atomic mass is 32.1. The summed E-state index contributed by atoms with van der Waals surface area (Å²) < 4.78 is 3.45. The van der Waals surface area contributed by atoms with Gasteiger partial charge in [-0.2, -0.15) is 0 Å². The van der Waals surface area contributed by atoms with Gasteiger partial charge in [-0.05, 0) is 37.6 Å². The Bertz CT molecular complexity index is 1100. The SMILES string of the molecule is CCc1c(-c2cccc(N3CCC(NCNC)C3)c2)[nH]c(=O)c2c(=O)[nH]sc12. The first-order valence-corrected chi connectivity index (χ1v) is 10.4. The zero-order chi connectivity index (χ0) is 19.7. The number of hydrogen-bond donors (Lipinski definition) is 4. The molecule has 0 radical (unpaired) electrons. The van der Waals surface area contributed by atoms with Crippen LogP contribution in [0, 0.1) is 0 Å². The van der Waals surface area contributed by atoms with Crippen molar-refractivity contribution in [1.29, 1.82) is 0 Å². The lowest BCUT2D eigenvalue weighted by Crippen LogP contribution is -2.37. The van der Waals surface area contributed by atoms with Gasteiger partial charge in [0.25, 0.3) is 11.1 Å². The average molecular weight is 400 g/mol. The summed E-state index contributed by atoms with van der Waals surface area (Å²) in [4.78, 5) is 29.8. The largest absolute Gasteiger partial charge is 0.370 e. The third-order valence-corrected chi connectivity index (χ3v) is 6.29. The molecular formula is C20H25N5O2S. The number of nitrogens with zero attached hydrogens (tertiary/aromatic N) is 1. The van der Waals surface area contributed by atoms with Gasteiger partial charge in [-0.3, -0.25) is 19.3 Å². The van der Waals surface area contributed by atoms with Crippen LogP contribution in [0.3, 0.4) is 0 Å². The molecule has 4 N–H and O–H groups in total. The Labute approximate surface area is 166 Å². The number of aromatic nitrogens is 2. The fourth-order valence-electron chi connectivity index (χ4n) is 3.94. The smallest absolute Gasteiger partial charge is 0.271 e. The molecule has 3 aromatic rings. The van der Waals surface area contributed by atoms with Gasteiger partial charge >= 0.3 is 0 Å². The minimum absolute atomic E-state index is 0.236. The molecular weight excluding hydrogens is 374 g/mol. The summed E-state index contributed by atoms with van der Waals surface area (Å²) in [7, 11) is 1.94. The first-order valence-electron chi connectivity index (χ1n) is 9.62. The third kappa shape index (κ3) is 3.39. The summed E-state index contributed by atoms with van der Waals surface area (Å²) in [5.41, 5.74) is 3.30. The summed E-state index contributed by atoms with van der Waals surface area (Å²) in [5, 5.41) is 6.86. The van der Waals surface area contributed by atoms with Crippen molar-refractivity contribution in [3.05, 3.63) is 50.5 Å². The molecule has 1 atom stereocenters. The highest BCUT2D eigenvalue weighted by Gasteiger charge is 2.23.